The lowest BCUT2D eigenvalue weighted by atomic mass is 9.98. The van der Waals surface area contributed by atoms with Crippen LogP contribution in [-0.4, -0.2) is 63.4 Å². The number of carbonyl (C=O) groups excluding carboxylic acids is 3. The monoisotopic (exact) mass is 396 g/mol. The summed E-state index contributed by atoms with van der Waals surface area (Å²) >= 11 is 0. The molecule has 0 aliphatic carbocycles. The number of rotatable bonds is 11. The van der Waals surface area contributed by atoms with Crippen LogP contribution in [0.1, 0.15) is 32.9 Å². The molecule has 0 saturated carbocycles. The minimum absolute atomic E-state index is 0.233. The number of hydrogen-bond acceptors (Lipinski definition) is 6. The highest BCUT2D eigenvalue weighted by atomic mass is 16.4. The second kappa shape index (κ2) is 11.0. The van der Waals surface area contributed by atoms with Crippen LogP contribution in [0.15, 0.2) is 12.5 Å². The first-order valence-corrected chi connectivity index (χ1v) is 8.98. The molecule has 156 valence electrons. The Morgan fingerprint density at radius 1 is 1.21 bits per heavy atom. The molecule has 0 aliphatic rings. The van der Waals surface area contributed by atoms with Gasteiger partial charge in [-0.05, 0) is 12.8 Å². The number of amides is 3. The Balaban J connectivity index is 2.56. The van der Waals surface area contributed by atoms with E-state index in [1.54, 1.807) is 13.1 Å². The maximum absolute atomic E-state index is 12.3. The summed E-state index contributed by atoms with van der Waals surface area (Å²) in [4.78, 5) is 54.1. The minimum Gasteiger partial charge on any atom is -0.480 e. The summed E-state index contributed by atoms with van der Waals surface area (Å²) in [6.07, 6.45) is 3.84. The molecule has 4 atom stereocenters. The SMILES string of the molecule is CCC(C)C(NC(=O)CNC(=O)C(N)Cc1cnc[nH]1)C(=O)NC(C)C(=O)O. The van der Waals surface area contributed by atoms with E-state index in [4.69, 9.17) is 10.8 Å². The fraction of sp³-hybridized carbons (Fsp3) is 0.588. The van der Waals surface area contributed by atoms with Crippen LogP contribution < -0.4 is 21.7 Å². The van der Waals surface area contributed by atoms with Crippen LogP contribution in [0.3, 0.4) is 0 Å². The Kier molecular flexibility index (Phi) is 9.09. The number of hydrogen-bond donors (Lipinski definition) is 6. The molecule has 28 heavy (non-hydrogen) atoms. The molecule has 0 saturated heterocycles. The number of nitrogens with two attached hydrogens (primary N) is 1. The summed E-state index contributed by atoms with van der Waals surface area (Å²) in [5.74, 6) is -3.11. The fourth-order valence-corrected chi connectivity index (χ4v) is 2.32. The van der Waals surface area contributed by atoms with Crippen molar-refractivity contribution in [1.29, 1.82) is 0 Å². The predicted octanol–water partition coefficient (Wildman–Crippen LogP) is -1.48. The Morgan fingerprint density at radius 2 is 1.89 bits per heavy atom. The molecule has 0 spiro atoms. The van der Waals surface area contributed by atoms with Crippen molar-refractivity contribution >= 4 is 23.7 Å². The number of carboxylic acid groups (broad SMARTS) is 1. The highest BCUT2D eigenvalue weighted by Crippen LogP contribution is 2.08. The lowest BCUT2D eigenvalue weighted by molar-refractivity contribution is -0.142. The van der Waals surface area contributed by atoms with Gasteiger partial charge in [-0.2, -0.15) is 0 Å². The van der Waals surface area contributed by atoms with E-state index in [-0.39, 0.29) is 18.9 Å². The summed E-state index contributed by atoms with van der Waals surface area (Å²) in [5, 5.41) is 16.2. The Morgan fingerprint density at radius 3 is 2.43 bits per heavy atom. The quantitative estimate of drug-likeness (QED) is 0.264. The number of carbonyl (C=O) groups is 4. The minimum atomic E-state index is -1.18. The van der Waals surface area contributed by atoms with Crippen LogP contribution in [0.2, 0.25) is 0 Å². The van der Waals surface area contributed by atoms with Crippen LogP contribution in [0, 0.1) is 5.92 Å². The van der Waals surface area contributed by atoms with Crippen molar-refractivity contribution in [3.05, 3.63) is 18.2 Å². The van der Waals surface area contributed by atoms with E-state index in [9.17, 15) is 19.2 Å². The van der Waals surface area contributed by atoms with Gasteiger partial charge in [-0.1, -0.05) is 20.3 Å². The number of H-pyrrole nitrogens is 1. The topological polar surface area (TPSA) is 179 Å². The van der Waals surface area contributed by atoms with E-state index in [2.05, 4.69) is 25.9 Å². The van der Waals surface area contributed by atoms with Gasteiger partial charge in [0, 0.05) is 18.3 Å². The van der Waals surface area contributed by atoms with Gasteiger partial charge in [0.15, 0.2) is 0 Å². The predicted molar refractivity (Wildman–Crippen MR) is 99.9 cm³/mol. The molecule has 1 heterocycles. The van der Waals surface area contributed by atoms with Crippen LogP contribution >= 0.6 is 0 Å². The molecule has 0 aliphatic heterocycles. The van der Waals surface area contributed by atoms with Gasteiger partial charge in [-0.3, -0.25) is 19.2 Å². The Bertz CT molecular complexity index is 678. The zero-order chi connectivity index (χ0) is 21.3. The van der Waals surface area contributed by atoms with Gasteiger partial charge in [-0.25, -0.2) is 4.98 Å². The zero-order valence-corrected chi connectivity index (χ0v) is 16.2. The fourth-order valence-electron chi connectivity index (χ4n) is 2.32. The smallest absolute Gasteiger partial charge is 0.325 e. The number of imidazole rings is 1. The molecule has 11 nitrogen and oxygen atoms in total. The van der Waals surface area contributed by atoms with Gasteiger partial charge in [0.25, 0.3) is 0 Å². The van der Waals surface area contributed by atoms with Gasteiger partial charge in [0.05, 0.1) is 18.9 Å². The lowest BCUT2D eigenvalue weighted by Gasteiger charge is -2.24. The lowest BCUT2D eigenvalue weighted by Crippen LogP contribution is -2.55. The second-order valence-corrected chi connectivity index (χ2v) is 6.60. The van der Waals surface area contributed by atoms with Crippen LogP contribution in [0.4, 0.5) is 0 Å². The summed E-state index contributed by atoms with van der Waals surface area (Å²) in [7, 11) is 0. The molecule has 0 bridgehead atoms. The van der Waals surface area contributed by atoms with E-state index in [1.165, 1.54) is 13.3 Å². The van der Waals surface area contributed by atoms with Crippen molar-refractivity contribution in [2.45, 2.75) is 51.7 Å². The third-order valence-electron chi connectivity index (χ3n) is 4.30. The highest BCUT2D eigenvalue weighted by molar-refractivity contribution is 5.92. The second-order valence-electron chi connectivity index (χ2n) is 6.60. The van der Waals surface area contributed by atoms with Crippen LogP contribution in [-0.2, 0) is 25.6 Å². The van der Waals surface area contributed by atoms with E-state index in [0.29, 0.717) is 12.1 Å². The molecule has 1 rings (SSSR count). The van der Waals surface area contributed by atoms with Gasteiger partial charge in [0.2, 0.25) is 17.7 Å². The first kappa shape index (κ1) is 23.1. The number of nitrogens with zero attached hydrogens (tertiary/aromatic N) is 1. The summed E-state index contributed by atoms with van der Waals surface area (Å²) in [6.45, 7) is 4.57. The molecule has 0 fully saturated rings. The number of aromatic amines is 1. The molecule has 1 aromatic heterocycles. The Hall–Kier alpha value is -2.95. The van der Waals surface area contributed by atoms with E-state index < -0.39 is 41.8 Å². The standard InChI is InChI=1S/C17H28N6O5/c1-4-9(2)14(16(26)22-10(3)17(27)28)23-13(24)7-20-15(25)12(18)5-11-6-19-8-21-11/h6,8-10,12,14H,4-5,7,18H2,1-3H3,(H,19,21)(H,20,25)(H,22,26)(H,23,24)(H,27,28). The number of carboxylic acids is 1. The van der Waals surface area contributed by atoms with Crippen LogP contribution in [0.5, 0.6) is 0 Å². The van der Waals surface area contributed by atoms with Gasteiger partial charge in [-0.15, -0.1) is 0 Å². The zero-order valence-electron chi connectivity index (χ0n) is 16.2. The van der Waals surface area contributed by atoms with Crippen molar-refractivity contribution < 1.29 is 24.3 Å². The molecule has 3 amide bonds. The summed E-state index contributed by atoms with van der Waals surface area (Å²) in [5.41, 5.74) is 6.47. The van der Waals surface area contributed by atoms with E-state index >= 15 is 0 Å². The molecule has 4 unspecified atom stereocenters. The first-order chi connectivity index (χ1) is 13.1. The largest absolute Gasteiger partial charge is 0.480 e. The average Bonchev–Trinajstić information content (AvgIpc) is 3.16. The molecular weight excluding hydrogens is 368 g/mol. The third kappa shape index (κ3) is 7.35. The molecule has 7 N–H and O–H groups in total. The van der Waals surface area contributed by atoms with Gasteiger partial charge in [0.1, 0.15) is 12.1 Å². The normalized spacial score (nSPS) is 15.0. The highest BCUT2D eigenvalue weighted by Gasteiger charge is 2.28. The van der Waals surface area contributed by atoms with Crippen molar-refractivity contribution in [2.75, 3.05) is 6.54 Å². The van der Waals surface area contributed by atoms with Gasteiger partial charge < -0.3 is 31.8 Å². The maximum atomic E-state index is 12.3. The number of aromatic nitrogens is 2. The molecular formula is C17H28N6O5. The summed E-state index contributed by atoms with van der Waals surface area (Å²) in [6, 6.07) is -2.87. The van der Waals surface area contributed by atoms with E-state index in [0.717, 1.165) is 0 Å². The maximum Gasteiger partial charge on any atom is 0.325 e. The van der Waals surface area contributed by atoms with Crippen molar-refractivity contribution in [1.82, 2.24) is 25.9 Å². The van der Waals surface area contributed by atoms with Crippen molar-refractivity contribution in [3.8, 4) is 0 Å². The third-order valence-corrected chi connectivity index (χ3v) is 4.30. The average molecular weight is 396 g/mol. The molecule has 0 aromatic carbocycles. The molecule has 0 radical (unpaired) electrons. The van der Waals surface area contributed by atoms with Crippen molar-refractivity contribution in [3.63, 3.8) is 0 Å². The number of aliphatic carboxylic acids is 1. The Labute approximate surface area is 162 Å². The molecule has 11 heteroatoms. The number of nitrogens with one attached hydrogen (secondary N) is 4. The van der Waals surface area contributed by atoms with Crippen molar-refractivity contribution in [2.24, 2.45) is 11.7 Å². The molecule has 1 aromatic rings. The van der Waals surface area contributed by atoms with E-state index in [1.807, 2.05) is 6.92 Å². The first-order valence-electron chi connectivity index (χ1n) is 8.98. The van der Waals surface area contributed by atoms with Crippen LogP contribution in [0.25, 0.3) is 0 Å². The summed E-state index contributed by atoms with van der Waals surface area (Å²) < 4.78 is 0. The van der Waals surface area contributed by atoms with Gasteiger partial charge >= 0.3 is 5.97 Å².